The Labute approximate surface area is 212 Å². The summed E-state index contributed by atoms with van der Waals surface area (Å²) in [5.74, 6) is 1.33. The van der Waals surface area contributed by atoms with E-state index in [0.717, 1.165) is 61.5 Å². The van der Waals surface area contributed by atoms with Crippen molar-refractivity contribution in [3.8, 4) is 5.75 Å². The number of aromatic amines is 1. The number of H-pyrrole nitrogens is 1. The lowest BCUT2D eigenvalue weighted by Gasteiger charge is -2.33. The second-order valence-corrected chi connectivity index (χ2v) is 10.3. The van der Waals surface area contributed by atoms with Crippen LogP contribution in [-0.4, -0.2) is 45.6 Å². The molecule has 2 atom stereocenters. The minimum absolute atomic E-state index is 0.264. The quantitative estimate of drug-likeness (QED) is 0.327. The standard InChI is InChI=1S/C28H36ClN3O3/c1-19(28(33)34)14-16-32-15-4-6-21(17-32)5-3-7-22-8-13-25-27(20(22)2)31-26(30-25)18-35-24-11-9-23(29)10-12-24/h8-13,19,21H,3-7,14-18H2,1-2H3,(H,30,31)(H,33,34). The van der Waals surface area contributed by atoms with E-state index >= 15 is 0 Å². The molecule has 0 amide bonds. The van der Waals surface area contributed by atoms with Crippen LogP contribution in [0, 0.1) is 18.8 Å². The van der Waals surface area contributed by atoms with Crippen LogP contribution in [0.3, 0.4) is 0 Å². The summed E-state index contributed by atoms with van der Waals surface area (Å²) in [7, 11) is 0. The largest absolute Gasteiger partial charge is 0.486 e. The van der Waals surface area contributed by atoms with Gasteiger partial charge in [0.2, 0.25) is 0 Å². The van der Waals surface area contributed by atoms with Gasteiger partial charge in [-0.05, 0) is 106 Å². The van der Waals surface area contributed by atoms with Crippen molar-refractivity contribution in [2.75, 3.05) is 19.6 Å². The number of imidazole rings is 1. The van der Waals surface area contributed by atoms with Gasteiger partial charge in [-0.1, -0.05) is 24.6 Å². The number of ether oxygens (including phenoxy) is 1. The number of carbonyl (C=O) groups is 1. The van der Waals surface area contributed by atoms with Crippen molar-refractivity contribution >= 4 is 28.6 Å². The molecule has 3 aromatic rings. The van der Waals surface area contributed by atoms with E-state index in [1.807, 2.05) is 24.3 Å². The van der Waals surface area contributed by atoms with Gasteiger partial charge < -0.3 is 19.7 Å². The summed E-state index contributed by atoms with van der Waals surface area (Å²) >= 11 is 5.94. The lowest BCUT2D eigenvalue weighted by molar-refractivity contribution is -0.141. The van der Waals surface area contributed by atoms with E-state index in [1.165, 1.54) is 30.4 Å². The number of hydrogen-bond donors (Lipinski definition) is 2. The molecule has 6 nitrogen and oxygen atoms in total. The van der Waals surface area contributed by atoms with E-state index in [2.05, 4.69) is 28.9 Å². The first kappa shape index (κ1) is 25.5. The first-order valence-corrected chi connectivity index (χ1v) is 13.1. The van der Waals surface area contributed by atoms with Crippen LogP contribution in [0.25, 0.3) is 11.0 Å². The summed E-state index contributed by atoms with van der Waals surface area (Å²) in [5, 5.41) is 9.81. The topological polar surface area (TPSA) is 78.5 Å². The van der Waals surface area contributed by atoms with Crippen LogP contribution >= 0.6 is 11.6 Å². The van der Waals surface area contributed by atoms with E-state index in [1.54, 1.807) is 6.92 Å². The maximum absolute atomic E-state index is 11.1. The number of likely N-dealkylation sites (tertiary alicyclic amines) is 1. The van der Waals surface area contributed by atoms with Gasteiger partial charge >= 0.3 is 5.97 Å². The SMILES string of the molecule is Cc1c(CCCC2CCCN(CCC(C)C(=O)O)C2)ccc2[nH]c(COc3ccc(Cl)cc3)nc12. The predicted molar refractivity (Wildman–Crippen MR) is 140 cm³/mol. The summed E-state index contributed by atoms with van der Waals surface area (Å²) in [6, 6.07) is 11.7. The Morgan fingerprint density at radius 3 is 2.86 bits per heavy atom. The zero-order valence-corrected chi connectivity index (χ0v) is 21.5. The third kappa shape index (κ3) is 6.98. The van der Waals surface area contributed by atoms with Gasteiger partial charge in [0.25, 0.3) is 0 Å². The number of piperidine rings is 1. The molecule has 2 aromatic carbocycles. The third-order valence-electron chi connectivity index (χ3n) is 7.22. The number of hydrogen-bond acceptors (Lipinski definition) is 4. The second kappa shape index (κ2) is 11.9. The molecule has 188 valence electrons. The summed E-state index contributed by atoms with van der Waals surface area (Å²) in [6.07, 6.45) is 6.65. The Morgan fingerprint density at radius 2 is 2.09 bits per heavy atom. The highest BCUT2D eigenvalue weighted by Crippen LogP contribution is 2.26. The summed E-state index contributed by atoms with van der Waals surface area (Å²) < 4.78 is 5.84. The molecule has 1 aliphatic heterocycles. The number of carboxylic acid groups (broad SMARTS) is 1. The van der Waals surface area contributed by atoms with Crippen molar-refractivity contribution in [2.45, 2.75) is 59.0 Å². The van der Waals surface area contributed by atoms with Crippen molar-refractivity contribution in [3.63, 3.8) is 0 Å². The second-order valence-electron chi connectivity index (χ2n) is 9.90. The maximum Gasteiger partial charge on any atom is 0.306 e. The molecule has 2 N–H and O–H groups in total. The van der Waals surface area contributed by atoms with Crippen LogP contribution in [0.2, 0.25) is 5.02 Å². The van der Waals surface area contributed by atoms with Crippen LogP contribution in [0.1, 0.15) is 56.0 Å². The highest BCUT2D eigenvalue weighted by atomic mass is 35.5. The Morgan fingerprint density at radius 1 is 1.29 bits per heavy atom. The molecule has 1 saturated heterocycles. The van der Waals surface area contributed by atoms with Crippen molar-refractivity contribution in [3.05, 3.63) is 58.4 Å². The minimum Gasteiger partial charge on any atom is -0.486 e. The van der Waals surface area contributed by atoms with Crippen molar-refractivity contribution in [2.24, 2.45) is 11.8 Å². The van der Waals surface area contributed by atoms with E-state index in [9.17, 15) is 4.79 Å². The van der Waals surface area contributed by atoms with Crippen molar-refractivity contribution < 1.29 is 14.6 Å². The fourth-order valence-corrected chi connectivity index (χ4v) is 5.12. The van der Waals surface area contributed by atoms with Gasteiger partial charge in [-0.15, -0.1) is 0 Å². The van der Waals surface area contributed by atoms with E-state index < -0.39 is 5.97 Å². The summed E-state index contributed by atoms with van der Waals surface area (Å²) in [5.41, 5.74) is 4.66. The molecular formula is C28H36ClN3O3. The van der Waals surface area contributed by atoms with E-state index in [0.29, 0.717) is 17.5 Å². The fraction of sp³-hybridized carbons (Fsp3) is 0.500. The number of benzene rings is 2. The van der Waals surface area contributed by atoms with E-state index in [4.69, 9.17) is 26.4 Å². The molecule has 2 heterocycles. The first-order chi connectivity index (χ1) is 16.9. The number of rotatable bonds is 11. The number of aliphatic carboxylic acids is 1. The Bertz CT molecular complexity index is 1130. The number of aromatic nitrogens is 2. The molecule has 1 aromatic heterocycles. The normalized spacial score (nSPS) is 17.5. The lowest BCUT2D eigenvalue weighted by Crippen LogP contribution is -2.37. The van der Waals surface area contributed by atoms with Crippen LogP contribution in [0.15, 0.2) is 36.4 Å². The lowest BCUT2D eigenvalue weighted by atomic mass is 9.91. The van der Waals surface area contributed by atoms with Crippen LogP contribution in [0.5, 0.6) is 5.75 Å². The zero-order chi connectivity index (χ0) is 24.8. The number of aryl methyl sites for hydroxylation is 2. The highest BCUT2D eigenvalue weighted by Gasteiger charge is 2.21. The van der Waals surface area contributed by atoms with Crippen LogP contribution < -0.4 is 4.74 Å². The summed E-state index contributed by atoms with van der Waals surface area (Å²) in [6.45, 7) is 7.44. The average molecular weight is 498 g/mol. The Kier molecular flexibility index (Phi) is 8.69. The monoisotopic (exact) mass is 497 g/mol. The van der Waals surface area contributed by atoms with Gasteiger partial charge in [0.1, 0.15) is 18.2 Å². The Hall–Kier alpha value is -2.57. The molecule has 0 spiro atoms. The predicted octanol–water partition coefficient (Wildman–Crippen LogP) is 6.25. The van der Waals surface area contributed by atoms with Gasteiger partial charge in [0, 0.05) is 11.6 Å². The van der Waals surface area contributed by atoms with Gasteiger partial charge in [0.15, 0.2) is 0 Å². The molecule has 0 radical (unpaired) electrons. The molecular weight excluding hydrogens is 462 g/mol. The number of nitrogens with one attached hydrogen (secondary N) is 1. The summed E-state index contributed by atoms with van der Waals surface area (Å²) in [4.78, 5) is 21.7. The molecule has 0 aliphatic carbocycles. The average Bonchev–Trinajstić information content (AvgIpc) is 3.28. The van der Waals surface area contributed by atoms with Gasteiger partial charge in [-0.2, -0.15) is 0 Å². The molecule has 4 rings (SSSR count). The molecule has 35 heavy (non-hydrogen) atoms. The van der Waals surface area contributed by atoms with Crippen molar-refractivity contribution in [1.82, 2.24) is 14.9 Å². The number of halogens is 1. The zero-order valence-electron chi connectivity index (χ0n) is 20.7. The minimum atomic E-state index is -0.691. The van der Waals surface area contributed by atoms with E-state index in [-0.39, 0.29) is 5.92 Å². The smallest absolute Gasteiger partial charge is 0.306 e. The van der Waals surface area contributed by atoms with Crippen molar-refractivity contribution in [1.29, 1.82) is 0 Å². The molecule has 1 fully saturated rings. The highest BCUT2D eigenvalue weighted by molar-refractivity contribution is 6.30. The molecule has 7 heteroatoms. The number of nitrogens with zero attached hydrogens (tertiary/aromatic N) is 2. The Balaban J connectivity index is 1.28. The van der Waals surface area contributed by atoms with Crippen LogP contribution in [-0.2, 0) is 17.8 Å². The van der Waals surface area contributed by atoms with Crippen LogP contribution in [0.4, 0.5) is 0 Å². The number of carboxylic acids is 1. The fourth-order valence-electron chi connectivity index (χ4n) is 5.00. The molecule has 1 aliphatic rings. The van der Waals surface area contributed by atoms with Gasteiger partial charge in [0.05, 0.1) is 17.0 Å². The number of fused-ring (bicyclic) bond motifs is 1. The van der Waals surface area contributed by atoms with Gasteiger partial charge in [-0.3, -0.25) is 4.79 Å². The van der Waals surface area contributed by atoms with Gasteiger partial charge in [-0.25, -0.2) is 4.98 Å². The maximum atomic E-state index is 11.1. The molecule has 0 saturated carbocycles. The molecule has 2 unspecified atom stereocenters. The third-order valence-corrected chi connectivity index (χ3v) is 7.47. The first-order valence-electron chi connectivity index (χ1n) is 12.7. The molecule has 0 bridgehead atoms.